The van der Waals surface area contributed by atoms with Gasteiger partial charge in [0.15, 0.2) is 0 Å². The quantitative estimate of drug-likeness (QED) is 0.741. The van der Waals surface area contributed by atoms with Crippen molar-refractivity contribution in [3.05, 3.63) is 11.8 Å². The summed E-state index contributed by atoms with van der Waals surface area (Å²) < 4.78 is 11.4. The summed E-state index contributed by atoms with van der Waals surface area (Å²) in [5.74, 6) is 1.16. The SMILES string of the molecule is CCCNC(CCC1CCCO1)C1=CCCO1. The Labute approximate surface area is 105 Å². The van der Waals surface area contributed by atoms with Crippen LogP contribution < -0.4 is 5.32 Å². The lowest BCUT2D eigenvalue weighted by molar-refractivity contribution is 0.0979. The normalized spacial score (nSPS) is 25.7. The van der Waals surface area contributed by atoms with Crippen LogP contribution in [0.1, 0.15) is 45.4 Å². The van der Waals surface area contributed by atoms with E-state index in [1.54, 1.807) is 0 Å². The molecule has 3 nitrogen and oxygen atoms in total. The van der Waals surface area contributed by atoms with Gasteiger partial charge in [0, 0.05) is 13.0 Å². The van der Waals surface area contributed by atoms with Crippen molar-refractivity contribution in [1.82, 2.24) is 5.32 Å². The third-order valence-electron chi connectivity index (χ3n) is 3.52. The second kappa shape index (κ2) is 7.02. The summed E-state index contributed by atoms with van der Waals surface area (Å²) in [4.78, 5) is 0. The first-order chi connectivity index (χ1) is 8.40. The fourth-order valence-corrected chi connectivity index (χ4v) is 2.57. The molecule has 98 valence electrons. The molecule has 17 heavy (non-hydrogen) atoms. The van der Waals surface area contributed by atoms with Crippen molar-refractivity contribution in [1.29, 1.82) is 0 Å². The van der Waals surface area contributed by atoms with Crippen molar-refractivity contribution >= 4 is 0 Å². The lowest BCUT2D eigenvalue weighted by atomic mass is 10.0. The van der Waals surface area contributed by atoms with Gasteiger partial charge in [-0.1, -0.05) is 6.92 Å². The lowest BCUT2D eigenvalue weighted by Gasteiger charge is -2.21. The average molecular weight is 239 g/mol. The molecule has 0 aromatic rings. The molecular weight excluding hydrogens is 214 g/mol. The van der Waals surface area contributed by atoms with Crippen LogP contribution in [0.5, 0.6) is 0 Å². The molecule has 0 amide bonds. The van der Waals surface area contributed by atoms with Crippen LogP contribution in [0.15, 0.2) is 11.8 Å². The van der Waals surface area contributed by atoms with E-state index < -0.39 is 0 Å². The molecule has 2 heterocycles. The van der Waals surface area contributed by atoms with Crippen molar-refractivity contribution in [3.8, 4) is 0 Å². The van der Waals surface area contributed by atoms with Gasteiger partial charge in [-0.2, -0.15) is 0 Å². The largest absolute Gasteiger partial charge is 0.496 e. The van der Waals surface area contributed by atoms with E-state index in [1.165, 1.54) is 19.3 Å². The molecule has 2 rings (SSSR count). The lowest BCUT2D eigenvalue weighted by Crippen LogP contribution is -2.32. The second-order valence-electron chi connectivity index (χ2n) is 4.96. The number of hydrogen-bond donors (Lipinski definition) is 1. The first-order valence-electron chi connectivity index (χ1n) is 7.08. The molecule has 0 spiro atoms. The highest BCUT2D eigenvalue weighted by Gasteiger charge is 2.21. The zero-order valence-electron chi connectivity index (χ0n) is 10.9. The van der Waals surface area contributed by atoms with Crippen LogP contribution in [0.25, 0.3) is 0 Å². The van der Waals surface area contributed by atoms with Gasteiger partial charge in [0.05, 0.1) is 18.8 Å². The van der Waals surface area contributed by atoms with Gasteiger partial charge >= 0.3 is 0 Å². The van der Waals surface area contributed by atoms with Crippen LogP contribution in [-0.2, 0) is 9.47 Å². The van der Waals surface area contributed by atoms with Crippen LogP contribution in [-0.4, -0.2) is 31.9 Å². The zero-order valence-corrected chi connectivity index (χ0v) is 10.9. The Hall–Kier alpha value is -0.540. The monoisotopic (exact) mass is 239 g/mol. The van der Waals surface area contributed by atoms with Gasteiger partial charge in [-0.05, 0) is 44.7 Å². The first kappa shape index (κ1) is 12.9. The number of hydrogen-bond acceptors (Lipinski definition) is 3. The van der Waals surface area contributed by atoms with E-state index in [1.807, 2.05) is 0 Å². The summed E-state index contributed by atoms with van der Waals surface area (Å²) in [7, 11) is 0. The summed E-state index contributed by atoms with van der Waals surface area (Å²) in [6.45, 7) is 5.08. The standard InChI is InChI=1S/C14H25NO2/c1-2-9-15-13(14-6-4-11-17-14)8-7-12-5-3-10-16-12/h6,12-13,15H,2-5,7-11H2,1H3. The summed E-state index contributed by atoms with van der Waals surface area (Å²) in [6, 6.07) is 0.404. The molecule has 2 aliphatic rings. The molecule has 2 aliphatic heterocycles. The highest BCUT2D eigenvalue weighted by atomic mass is 16.5. The zero-order chi connectivity index (χ0) is 11.9. The highest BCUT2D eigenvalue weighted by molar-refractivity contribution is 5.07. The predicted octanol–water partition coefficient (Wildman–Crippen LogP) is 2.62. The van der Waals surface area contributed by atoms with Gasteiger partial charge in [-0.15, -0.1) is 0 Å². The van der Waals surface area contributed by atoms with E-state index in [-0.39, 0.29) is 0 Å². The molecule has 0 radical (unpaired) electrons. The van der Waals surface area contributed by atoms with E-state index in [0.717, 1.165) is 44.8 Å². The Kier molecular flexibility index (Phi) is 5.33. The van der Waals surface area contributed by atoms with Crippen LogP contribution in [0.3, 0.4) is 0 Å². The van der Waals surface area contributed by atoms with Crippen LogP contribution in [0, 0.1) is 0 Å². The molecule has 0 aromatic carbocycles. The number of ether oxygens (including phenoxy) is 2. The van der Waals surface area contributed by atoms with Gasteiger partial charge < -0.3 is 14.8 Å². The maximum Gasteiger partial charge on any atom is 0.109 e. The molecule has 2 atom stereocenters. The van der Waals surface area contributed by atoms with Gasteiger partial charge in [0.25, 0.3) is 0 Å². The van der Waals surface area contributed by atoms with Gasteiger partial charge in [-0.3, -0.25) is 0 Å². The van der Waals surface area contributed by atoms with E-state index in [0.29, 0.717) is 12.1 Å². The molecule has 0 aromatic heterocycles. The minimum atomic E-state index is 0.404. The third-order valence-corrected chi connectivity index (χ3v) is 3.52. The molecular formula is C14H25NO2. The maximum atomic E-state index is 5.69. The molecule has 1 fully saturated rings. The van der Waals surface area contributed by atoms with Gasteiger partial charge in [0.2, 0.25) is 0 Å². The summed E-state index contributed by atoms with van der Waals surface area (Å²) in [5, 5.41) is 3.59. The van der Waals surface area contributed by atoms with Crippen molar-refractivity contribution in [3.63, 3.8) is 0 Å². The summed E-state index contributed by atoms with van der Waals surface area (Å²) >= 11 is 0. The fourth-order valence-electron chi connectivity index (χ4n) is 2.57. The maximum absolute atomic E-state index is 5.69. The first-order valence-corrected chi connectivity index (χ1v) is 7.08. The second-order valence-corrected chi connectivity index (χ2v) is 4.96. The Bertz CT molecular complexity index is 247. The Morgan fingerprint density at radius 2 is 2.41 bits per heavy atom. The molecule has 2 unspecified atom stereocenters. The summed E-state index contributed by atoms with van der Waals surface area (Å²) in [6.07, 6.45) is 9.73. The van der Waals surface area contributed by atoms with Crippen LogP contribution in [0.4, 0.5) is 0 Å². The minimum absolute atomic E-state index is 0.404. The highest BCUT2D eigenvalue weighted by Crippen LogP contribution is 2.22. The van der Waals surface area contributed by atoms with Crippen molar-refractivity contribution in [2.75, 3.05) is 19.8 Å². The smallest absolute Gasteiger partial charge is 0.109 e. The minimum Gasteiger partial charge on any atom is -0.496 e. The average Bonchev–Trinajstić information content (AvgIpc) is 3.01. The molecule has 1 saturated heterocycles. The molecule has 0 aliphatic carbocycles. The Balaban J connectivity index is 1.77. The molecule has 0 bridgehead atoms. The van der Waals surface area contributed by atoms with Gasteiger partial charge in [-0.25, -0.2) is 0 Å². The van der Waals surface area contributed by atoms with Crippen LogP contribution in [0.2, 0.25) is 0 Å². The third kappa shape index (κ3) is 4.00. The fraction of sp³-hybridized carbons (Fsp3) is 0.857. The van der Waals surface area contributed by atoms with Crippen molar-refractivity contribution in [2.45, 2.75) is 57.6 Å². The topological polar surface area (TPSA) is 30.5 Å². The van der Waals surface area contributed by atoms with Gasteiger partial charge in [0.1, 0.15) is 5.76 Å². The summed E-state index contributed by atoms with van der Waals surface area (Å²) in [5.41, 5.74) is 0. The predicted molar refractivity (Wildman–Crippen MR) is 68.9 cm³/mol. The molecule has 1 N–H and O–H groups in total. The number of nitrogens with one attached hydrogen (secondary N) is 1. The molecule has 3 heteroatoms. The van der Waals surface area contributed by atoms with Crippen LogP contribution >= 0.6 is 0 Å². The van der Waals surface area contributed by atoms with E-state index in [4.69, 9.17) is 9.47 Å². The Morgan fingerprint density at radius 3 is 3.06 bits per heavy atom. The number of rotatable bonds is 7. The van der Waals surface area contributed by atoms with E-state index in [9.17, 15) is 0 Å². The molecule has 0 saturated carbocycles. The van der Waals surface area contributed by atoms with E-state index >= 15 is 0 Å². The van der Waals surface area contributed by atoms with E-state index in [2.05, 4.69) is 18.3 Å². The van der Waals surface area contributed by atoms with Crippen molar-refractivity contribution in [2.24, 2.45) is 0 Å². The Morgan fingerprint density at radius 1 is 1.47 bits per heavy atom. The van der Waals surface area contributed by atoms with Crippen molar-refractivity contribution < 1.29 is 9.47 Å².